The monoisotopic (exact) mass is 433 g/mol. The Labute approximate surface area is 196 Å². The number of aromatic nitrogens is 2. The van der Waals surface area contributed by atoms with Gasteiger partial charge in [0.25, 0.3) is 0 Å². The Morgan fingerprint density at radius 1 is 1.68 bits per heavy atom. The fourth-order valence-electron chi connectivity index (χ4n) is 2.49. The predicted molar refractivity (Wildman–Crippen MR) is 115 cm³/mol. The number of nitrogens with one attached hydrogen (secondary N) is 1. The van der Waals surface area contributed by atoms with Gasteiger partial charge in [-0.3, -0.25) is 4.90 Å². The van der Waals surface area contributed by atoms with E-state index in [4.69, 9.17) is 33.6 Å². The zero-order valence-electron chi connectivity index (χ0n) is 30.2. The fraction of sp³-hybridized carbons (Fsp3) is 0.429. The molecular weight excluding hydrogens is 395 g/mol. The van der Waals surface area contributed by atoms with Crippen LogP contribution in [0.1, 0.15) is 63.3 Å². The van der Waals surface area contributed by atoms with Gasteiger partial charge in [-0.05, 0) is 42.4 Å². The first kappa shape index (κ1) is 8.17. The van der Waals surface area contributed by atoms with Crippen LogP contribution in [0, 0.1) is 5.82 Å². The lowest BCUT2D eigenvalue weighted by atomic mass is 10.0. The second kappa shape index (κ2) is 8.31. The van der Waals surface area contributed by atoms with Gasteiger partial charge in [-0.1, -0.05) is 31.4 Å². The van der Waals surface area contributed by atoms with E-state index in [0.717, 1.165) is 17.0 Å². The summed E-state index contributed by atoms with van der Waals surface area (Å²) in [6, 6.07) is -0.776. The summed E-state index contributed by atoms with van der Waals surface area (Å²) < 4.78 is 147. The fourth-order valence-corrected chi connectivity index (χ4v) is 3.46. The zero-order valence-corrected chi connectivity index (χ0v) is 15.7. The first-order chi connectivity index (χ1) is 19.8. The summed E-state index contributed by atoms with van der Waals surface area (Å²) >= 11 is 6.10. The van der Waals surface area contributed by atoms with Crippen LogP contribution in [0.2, 0.25) is 6.43 Å². The van der Waals surface area contributed by atoms with Crippen LogP contribution in [-0.2, 0) is 6.52 Å². The van der Waals surface area contributed by atoms with Crippen LogP contribution in [0.3, 0.4) is 0 Å². The Morgan fingerprint density at radius 3 is 3.29 bits per heavy atom. The Kier molecular flexibility index (Phi) is 2.42. The minimum atomic E-state index is -3.49. The van der Waals surface area contributed by atoms with Crippen molar-refractivity contribution in [2.24, 2.45) is 0 Å². The average molecular weight is 434 g/mol. The van der Waals surface area contributed by atoms with Crippen LogP contribution in [-0.4, -0.2) is 34.0 Å². The van der Waals surface area contributed by atoms with Crippen molar-refractivity contribution in [2.75, 3.05) is 18.4 Å². The number of halogens is 2. The van der Waals surface area contributed by atoms with Crippen LogP contribution < -0.4 is 5.31 Å². The van der Waals surface area contributed by atoms with Crippen LogP contribution in [0.4, 0.5) is 10.2 Å². The lowest BCUT2D eigenvalue weighted by Crippen LogP contribution is -2.38. The number of rotatable bonds is 5. The molecule has 28 heavy (non-hydrogen) atoms. The van der Waals surface area contributed by atoms with E-state index in [0.29, 0.717) is 0 Å². The van der Waals surface area contributed by atoms with E-state index in [1.165, 1.54) is 6.07 Å². The molecule has 4 nitrogen and oxygen atoms in total. The minimum Gasteiger partial charge on any atom is -0.367 e. The number of hydrogen-bond donors (Lipinski definition) is 1. The lowest BCUT2D eigenvalue weighted by molar-refractivity contribution is 0.211. The molecule has 1 fully saturated rings. The molecule has 2 unspecified atom stereocenters. The zero-order chi connectivity index (χ0) is 33.6. The molecule has 7 heteroatoms. The molecule has 0 saturated carbocycles. The molecule has 0 amide bonds. The highest BCUT2D eigenvalue weighted by Gasteiger charge is 2.21. The molecule has 3 heterocycles. The second-order valence-corrected chi connectivity index (χ2v) is 7.19. The maximum Gasteiger partial charge on any atom is 0.162 e. The highest BCUT2D eigenvalue weighted by atomic mass is 35.5. The summed E-state index contributed by atoms with van der Waals surface area (Å²) in [7, 11) is 0. The summed E-state index contributed by atoms with van der Waals surface area (Å²) in [5, 5.41) is -0.879. The van der Waals surface area contributed by atoms with E-state index in [9.17, 15) is 4.39 Å². The molecule has 2 aromatic heterocycles. The number of hydrogen-bond acceptors (Lipinski definition) is 5. The molecule has 148 valence electrons. The van der Waals surface area contributed by atoms with Gasteiger partial charge in [-0.25, -0.2) is 14.4 Å². The highest BCUT2D eigenvalue weighted by Crippen LogP contribution is 2.33. The van der Waals surface area contributed by atoms with Crippen molar-refractivity contribution in [1.82, 2.24) is 14.9 Å². The Hall–Kier alpha value is -1.76. The maximum absolute atomic E-state index is 13.7. The molecule has 3 aromatic rings. The van der Waals surface area contributed by atoms with Gasteiger partial charge in [-0.2, -0.15) is 0 Å². The number of thiophene rings is 1. The third kappa shape index (κ3) is 4.29. The third-order valence-electron chi connectivity index (χ3n) is 3.80. The number of anilines is 1. The molecule has 1 N–H and O–H groups in total. The normalized spacial score (nSPS) is 33.4. The van der Waals surface area contributed by atoms with Crippen molar-refractivity contribution in [2.45, 2.75) is 44.9 Å². The van der Waals surface area contributed by atoms with Crippen LogP contribution in [0.15, 0.2) is 30.5 Å². The van der Waals surface area contributed by atoms with Crippen LogP contribution >= 0.6 is 22.9 Å². The Bertz CT molecular complexity index is 1560. The summed E-state index contributed by atoms with van der Waals surface area (Å²) in [5.41, 5.74) is 0.103. The molecule has 0 spiro atoms. The lowest BCUT2D eigenvalue weighted by Gasteiger charge is -2.32. The summed E-state index contributed by atoms with van der Waals surface area (Å²) in [6.45, 7) is -10.0. The number of fused-ring (bicyclic) bond motifs is 1. The molecule has 1 aliphatic rings. The van der Waals surface area contributed by atoms with Crippen molar-refractivity contribution >= 4 is 39.0 Å². The molecule has 4 rings (SSSR count). The molecule has 1 saturated heterocycles. The van der Waals surface area contributed by atoms with E-state index in [2.05, 4.69) is 9.97 Å². The number of benzene rings is 1. The third-order valence-corrected chi connectivity index (χ3v) is 5.09. The van der Waals surface area contributed by atoms with E-state index in [1.807, 2.05) is 0 Å². The topological polar surface area (TPSA) is 41.1 Å². The molecule has 0 bridgehead atoms. The largest absolute Gasteiger partial charge is 0.367 e. The van der Waals surface area contributed by atoms with E-state index >= 15 is 0 Å². The number of piperidine rings is 1. The molecular formula is C21H24ClFN4S. The smallest absolute Gasteiger partial charge is 0.162 e. The second-order valence-electron chi connectivity index (χ2n) is 5.78. The van der Waals surface area contributed by atoms with E-state index in [-0.39, 0.29) is 27.2 Å². The van der Waals surface area contributed by atoms with Crippen molar-refractivity contribution < 1.29 is 26.4 Å². The standard InChI is InChI=1S/C21H24ClFN4S/c1-13(2)19-10-16-20(24-12-25-21(16)28-19)26-15-5-7-27(8-6-15)11-14-3-4-18(23)17(22)9-14/h3-4,9-10,12-13,15H,5-8,11H2,1-2H3,(H,24,25,26)/i1D2H,2D3,5D2,6D2,10D,11D,12D,13D,15D/hD. The number of nitrogens with zero attached hydrogens (tertiary/aromatic N) is 3. The van der Waals surface area contributed by atoms with Gasteiger partial charge in [0.05, 0.1) is 13.2 Å². The minimum absolute atomic E-state index is 0.00491. The van der Waals surface area contributed by atoms with Crippen molar-refractivity contribution in [3.05, 3.63) is 51.8 Å². The molecule has 1 aliphatic heterocycles. The van der Waals surface area contributed by atoms with Gasteiger partial charge in [0.15, 0.2) is 1.41 Å². The first-order valence-corrected chi connectivity index (χ1v) is 9.20. The van der Waals surface area contributed by atoms with Crippen LogP contribution in [0.25, 0.3) is 10.2 Å². The van der Waals surface area contributed by atoms with E-state index < -0.39 is 97.0 Å². The van der Waals surface area contributed by atoms with Gasteiger partial charge >= 0.3 is 0 Å². The van der Waals surface area contributed by atoms with Gasteiger partial charge in [0.2, 0.25) is 0 Å². The van der Waals surface area contributed by atoms with Gasteiger partial charge in [0.1, 0.15) is 24.1 Å². The summed E-state index contributed by atoms with van der Waals surface area (Å²) in [5.74, 6) is -4.97. The van der Waals surface area contributed by atoms with E-state index in [1.54, 1.807) is 0 Å². The summed E-state index contributed by atoms with van der Waals surface area (Å²) in [6.07, 6.45) is -6.83. The van der Waals surface area contributed by atoms with Gasteiger partial charge in [-0.15, -0.1) is 11.3 Å². The molecule has 0 aliphatic carbocycles. The SMILES string of the molecule is [1H]C([2H])([2H])C([2H])(c1sc2nc([2H])nc(N([2H])C3([2H])C([2H])([2H])CN(C([2H])c4ccc(F)c(Cl)c4)CC3([2H])[2H])c2c1[2H])C([2H])([2H])[2H]. The highest BCUT2D eigenvalue weighted by molar-refractivity contribution is 7.18. The molecule has 1 aromatic carbocycles. The van der Waals surface area contributed by atoms with Crippen LogP contribution in [0.5, 0.6) is 0 Å². The van der Waals surface area contributed by atoms with Crippen molar-refractivity contribution in [1.29, 1.82) is 0 Å². The molecule has 2 atom stereocenters. The summed E-state index contributed by atoms with van der Waals surface area (Å²) in [4.78, 5) is 7.31. The van der Waals surface area contributed by atoms with Crippen molar-refractivity contribution in [3.63, 3.8) is 0 Å². The maximum atomic E-state index is 13.7. The Balaban J connectivity index is 1.86. The van der Waals surface area contributed by atoms with Crippen molar-refractivity contribution in [3.8, 4) is 0 Å². The predicted octanol–water partition coefficient (Wildman–Crippen LogP) is 5.68. The van der Waals surface area contributed by atoms with Gasteiger partial charge in [0, 0.05) is 47.0 Å². The number of likely N-dealkylation sites (tertiary alicyclic amines) is 1. The van der Waals surface area contributed by atoms with Gasteiger partial charge < -0.3 is 5.31 Å². The quantitative estimate of drug-likeness (QED) is 0.561. The molecule has 0 radical (unpaired) electrons. The Morgan fingerprint density at radius 2 is 2.54 bits per heavy atom. The first-order valence-electron chi connectivity index (χ1n) is 16.0. The average Bonchev–Trinajstić information content (AvgIpc) is 3.20.